The molecule has 10 nitrogen and oxygen atoms in total. The number of anilines is 1. The molecule has 3 aromatic heterocycles. The van der Waals surface area contributed by atoms with Gasteiger partial charge in [0.15, 0.2) is 11.7 Å². The molecule has 0 spiro atoms. The Bertz CT molecular complexity index is 1810. The number of hydrogen-bond donors (Lipinski definition) is 2. The normalized spacial score (nSPS) is 15.8. The molecular formula is C35H43N7O3S. The minimum Gasteiger partial charge on any atom is -0.440 e. The third-order valence-electron chi connectivity index (χ3n) is 7.68. The average Bonchev–Trinajstić information content (AvgIpc) is 3.78. The second-order valence-electron chi connectivity index (χ2n) is 14.2. The van der Waals surface area contributed by atoms with Gasteiger partial charge in [-0.15, -0.1) is 11.3 Å². The van der Waals surface area contributed by atoms with E-state index in [0.717, 1.165) is 40.9 Å². The van der Waals surface area contributed by atoms with E-state index in [1.807, 2.05) is 43.5 Å². The number of benzene rings is 1. The van der Waals surface area contributed by atoms with Crippen LogP contribution >= 0.6 is 11.3 Å². The molecule has 1 saturated heterocycles. The number of aryl methyl sites for hydroxylation is 1. The number of carbonyl (C=O) groups excluding carboxylic acids is 2. The summed E-state index contributed by atoms with van der Waals surface area (Å²) in [7, 11) is 0. The van der Waals surface area contributed by atoms with E-state index in [2.05, 4.69) is 48.5 Å². The summed E-state index contributed by atoms with van der Waals surface area (Å²) in [4.78, 5) is 39.3. The zero-order chi connectivity index (χ0) is 33.2. The Labute approximate surface area is 274 Å². The zero-order valence-corrected chi connectivity index (χ0v) is 28.5. The molecule has 0 aliphatic carbocycles. The minimum absolute atomic E-state index is 0.159. The summed E-state index contributed by atoms with van der Waals surface area (Å²) < 4.78 is 7.63. The molecule has 0 unspecified atom stereocenters. The molecule has 1 aliphatic rings. The number of nitrogens with one attached hydrogen (secondary N) is 2. The van der Waals surface area contributed by atoms with Crippen LogP contribution in [0.15, 0.2) is 52.6 Å². The lowest BCUT2D eigenvalue weighted by atomic mass is 9.93. The van der Waals surface area contributed by atoms with Crippen molar-refractivity contribution in [1.29, 1.82) is 5.26 Å². The summed E-state index contributed by atoms with van der Waals surface area (Å²) in [5.41, 5.74) is 2.73. The van der Waals surface area contributed by atoms with E-state index in [1.54, 1.807) is 30.2 Å². The van der Waals surface area contributed by atoms with Crippen molar-refractivity contribution in [2.24, 2.45) is 10.8 Å². The van der Waals surface area contributed by atoms with Crippen molar-refractivity contribution in [3.63, 3.8) is 0 Å². The van der Waals surface area contributed by atoms with Crippen LogP contribution in [-0.4, -0.2) is 50.4 Å². The van der Waals surface area contributed by atoms with Crippen LogP contribution in [0.5, 0.6) is 0 Å². The predicted octanol–water partition coefficient (Wildman–Crippen LogP) is 6.94. The van der Waals surface area contributed by atoms with E-state index in [0.29, 0.717) is 42.1 Å². The van der Waals surface area contributed by atoms with Crippen LogP contribution in [0.4, 0.5) is 5.95 Å². The molecule has 1 aromatic carbocycles. The highest BCUT2D eigenvalue weighted by Crippen LogP contribution is 2.31. The van der Waals surface area contributed by atoms with Gasteiger partial charge in [0.05, 0.1) is 33.0 Å². The number of nitriles is 1. The quantitative estimate of drug-likeness (QED) is 0.150. The number of carbonyl (C=O) groups is 2. The van der Waals surface area contributed by atoms with Crippen LogP contribution in [0.25, 0.3) is 21.7 Å². The molecule has 1 aliphatic heterocycles. The van der Waals surface area contributed by atoms with Crippen molar-refractivity contribution in [1.82, 2.24) is 24.8 Å². The lowest BCUT2D eigenvalue weighted by molar-refractivity contribution is -0.127. The van der Waals surface area contributed by atoms with E-state index in [4.69, 9.17) is 9.40 Å². The van der Waals surface area contributed by atoms with Gasteiger partial charge in [-0.3, -0.25) is 14.9 Å². The van der Waals surface area contributed by atoms with Crippen molar-refractivity contribution in [2.45, 2.75) is 80.4 Å². The topological polar surface area (TPSA) is 129 Å². The van der Waals surface area contributed by atoms with Crippen molar-refractivity contribution in [2.75, 3.05) is 18.4 Å². The van der Waals surface area contributed by atoms with Crippen LogP contribution < -0.4 is 10.6 Å². The molecule has 4 heterocycles. The van der Waals surface area contributed by atoms with Crippen molar-refractivity contribution in [3.05, 3.63) is 64.5 Å². The summed E-state index contributed by atoms with van der Waals surface area (Å²) in [5, 5.41) is 16.4. The number of fused-ring (bicyclic) bond motifs is 1. The number of allylic oxidation sites excluding steroid dienone is 1. The third kappa shape index (κ3) is 7.92. The van der Waals surface area contributed by atoms with Gasteiger partial charge in [-0.1, -0.05) is 53.7 Å². The fourth-order valence-corrected chi connectivity index (χ4v) is 6.46. The van der Waals surface area contributed by atoms with E-state index in [9.17, 15) is 14.9 Å². The second kappa shape index (κ2) is 13.2. The molecule has 4 aromatic rings. The average molecular weight is 642 g/mol. The van der Waals surface area contributed by atoms with E-state index in [1.165, 1.54) is 11.3 Å². The highest BCUT2D eigenvalue weighted by Gasteiger charge is 2.33. The summed E-state index contributed by atoms with van der Waals surface area (Å²) in [5.74, 6) is 1.05. The third-order valence-corrected chi connectivity index (χ3v) is 8.77. The number of hydrogen-bond acceptors (Lipinski definition) is 8. The minimum atomic E-state index is -0.304. The molecule has 1 fully saturated rings. The standard InChI is InChI=1S/C35H43N7O3S/c1-22-38-19-28(45-22)29-12-13-30(46-29)31(43)40-33-39-26-15-23(18-37-21-35(5,6)7)10-11-27(26)42(33)20-25-9-8-14-41(25)32(44)24(17-36)16-34(2,3)4/h10-13,15-16,19,25,37H,8-9,14,18,20-21H2,1-7H3,(H,39,40,43)/t25-/m1/s1. The molecular weight excluding hydrogens is 598 g/mol. The molecule has 0 saturated carbocycles. The summed E-state index contributed by atoms with van der Waals surface area (Å²) >= 11 is 1.32. The van der Waals surface area contributed by atoms with Gasteiger partial charge in [-0.05, 0) is 53.5 Å². The van der Waals surface area contributed by atoms with Crippen LogP contribution in [0, 0.1) is 29.1 Å². The summed E-state index contributed by atoms with van der Waals surface area (Å²) in [6.45, 7) is 16.9. The Morgan fingerprint density at radius 1 is 1.17 bits per heavy atom. The number of oxazole rings is 1. The first kappa shape index (κ1) is 33.1. The highest BCUT2D eigenvalue weighted by molar-refractivity contribution is 7.17. The van der Waals surface area contributed by atoms with Crippen LogP contribution in [0.2, 0.25) is 0 Å². The number of likely N-dealkylation sites (tertiary alicyclic amines) is 1. The molecule has 0 radical (unpaired) electrons. The SMILES string of the molecule is Cc1ncc(-c2ccc(C(=O)Nc3nc4cc(CNCC(C)(C)C)ccc4n3C[C@H]3CCCN3C(=O)C(C#N)=CC(C)(C)C)s2)o1. The maximum absolute atomic E-state index is 13.6. The molecule has 11 heteroatoms. The van der Waals surface area contributed by atoms with Crippen molar-refractivity contribution >= 4 is 40.1 Å². The van der Waals surface area contributed by atoms with E-state index < -0.39 is 0 Å². The van der Waals surface area contributed by atoms with E-state index >= 15 is 0 Å². The van der Waals surface area contributed by atoms with E-state index in [-0.39, 0.29) is 34.3 Å². The Hall–Kier alpha value is -4.27. The Morgan fingerprint density at radius 3 is 2.63 bits per heavy atom. The number of aromatic nitrogens is 3. The highest BCUT2D eigenvalue weighted by atomic mass is 32.1. The number of amides is 2. The van der Waals surface area contributed by atoms with Gasteiger partial charge in [0.2, 0.25) is 5.95 Å². The van der Waals surface area contributed by atoms with Gasteiger partial charge in [0.1, 0.15) is 11.6 Å². The van der Waals surface area contributed by atoms with Gasteiger partial charge >= 0.3 is 0 Å². The van der Waals surface area contributed by atoms with Crippen molar-refractivity contribution in [3.8, 4) is 16.7 Å². The first-order valence-electron chi connectivity index (χ1n) is 15.7. The fraction of sp³-hybridized carbons (Fsp3) is 0.457. The Morgan fingerprint density at radius 2 is 1.96 bits per heavy atom. The molecule has 242 valence electrons. The van der Waals surface area contributed by atoms with Gasteiger partial charge in [-0.25, -0.2) is 9.97 Å². The Kier molecular flexibility index (Phi) is 9.52. The number of nitrogens with zero attached hydrogens (tertiary/aromatic N) is 5. The number of imidazole rings is 1. The van der Waals surface area contributed by atoms with Gasteiger partial charge in [0.25, 0.3) is 11.8 Å². The van der Waals surface area contributed by atoms with Crippen LogP contribution in [0.1, 0.15) is 75.5 Å². The van der Waals surface area contributed by atoms with Crippen molar-refractivity contribution < 1.29 is 14.0 Å². The number of thiophene rings is 1. The molecule has 2 N–H and O–H groups in total. The van der Waals surface area contributed by atoms with Gasteiger partial charge in [-0.2, -0.15) is 5.26 Å². The lowest BCUT2D eigenvalue weighted by Crippen LogP contribution is -2.39. The second-order valence-corrected chi connectivity index (χ2v) is 15.3. The largest absolute Gasteiger partial charge is 0.440 e. The Balaban J connectivity index is 1.45. The van der Waals surface area contributed by atoms with Gasteiger partial charge < -0.3 is 19.2 Å². The predicted molar refractivity (Wildman–Crippen MR) is 181 cm³/mol. The first-order chi connectivity index (χ1) is 21.7. The zero-order valence-electron chi connectivity index (χ0n) is 27.7. The van der Waals surface area contributed by atoms with Crippen LogP contribution in [-0.2, 0) is 17.9 Å². The maximum atomic E-state index is 13.6. The molecule has 5 rings (SSSR count). The molecule has 2 amide bonds. The molecule has 1 atom stereocenters. The molecule has 46 heavy (non-hydrogen) atoms. The summed E-state index contributed by atoms with van der Waals surface area (Å²) in [6, 6.07) is 11.7. The molecule has 0 bridgehead atoms. The van der Waals surface area contributed by atoms with Gasteiger partial charge in [0, 0.05) is 33.1 Å². The lowest BCUT2D eigenvalue weighted by Gasteiger charge is -2.26. The monoisotopic (exact) mass is 641 g/mol. The fourth-order valence-electron chi connectivity index (χ4n) is 5.61. The smallest absolute Gasteiger partial charge is 0.268 e. The number of rotatable bonds is 9. The first-order valence-corrected chi connectivity index (χ1v) is 16.5. The van der Waals surface area contributed by atoms with Crippen LogP contribution in [0.3, 0.4) is 0 Å². The summed E-state index contributed by atoms with van der Waals surface area (Å²) in [6.07, 6.45) is 5.02. The maximum Gasteiger partial charge on any atom is 0.268 e.